The average Bonchev–Trinajstić information content (AvgIpc) is 3.23. The summed E-state index contributed by atoms with van der Waals surface area (Å²) in [6.07, 6.45) is 1.39. The summed E-state index contributed by atoms with van der Waals surface area (Å²) in [6, 6.07) is 18.9. The molecule has 1 heterocycles. The fraction of sp³-hybridized carbons (Fsp3) is 0.480. The standard InChI is InChI=1S/C25H35N3O2/c1-20(2)30-19-23-11-9-21(10-12-23)15-27-25(26-3)28-14-13-24(16-28)18-29-17-22-7-5-4-6-8-22/h4-12,20,24H,13-19H2,1-3H3,(H,26,27). The van der Waals surface area contributed by atoms with Gasteiger partial charge in [0.2, 0.25) is 0 Å². The van der Waals surface area contributed by atoms with Crippen LogP contribution in [0.25, 0.3) is 0 Å². The number of hydrogen-bond donors (Lipinski definition) is 1. The van der Waals surface area contributed by atoms with Crippen molar-refractivity contribution < 1.29 is 9.47 Å². The minimum Gasteiger partial charge on any atom is -0.376 e. The minimum atomic E-state index is 0.252. The lowest BCUT2D eigenvalue weighted by Gasteiger charge is -2.22. The van der Waals surface area contributed by atoms with Crippen molar-refractivity contribution in [1.82, 2.24) is 10.2 Å². The second-order valence-corrected chi connectivity index (χ2v) is 8.18. The van der Waals surface area contributed by atoms with E-state index in [0.29, 0.717) is 19.1 Å². The van der Waals surface area contributed by atoms with E-state index in [1.165, 1.54) is 16.7 Å². The summed E-state index contributed by atoms with van der Waals surface area (Å²) < 4.78 is 11.6. The lowest BCUT2D eigenvalue weighted by Crippen LogP contribution is -2.39. The molecule has 1 N–H and O–H groups in total. The normalized spacial score (nSPS) is 17.0. The third-order valence-electron chi connectivity index (χ3n) is 5.32. The Labute approximate surface area is 181 Å². The molecule has 5 nitrogen and oxygen atoms in total. The Morgan fingerprint density at radius 3 is 2.43 bits per heavy atom. The summed E-state index contributed by atoms with van der Waals surface area (Å²) in [5, 5.41) is 3.50. The zero-order chi connectivity index (χ0) is 21.2. The van der Waals surface area contributed by atoms with E-state index >= 15 is 0 Å². The van der Waals surface area contributed by atoms with Crippen molar-refractivity contribution in [2.24, 2.45) is 10.9 Å². The van der Waals surface area contributed by atoms with E-state index in [0.717, 1.165) is 38.6 Å². The number of nitrogens with zero attached hydrogens (tertiary/aromatic N) is 2. The Kier molecular flexibility index (Phi) is 8.72. The van der Waals surface area contributed by atoms with Crippen LogP contribution in [0.1, 0.15) is 37.0 Å². The van der Waals surface area contributed by atoms with E-state index < -0.39 is 0 Å². The molecule has 0 aliphatic carbocycles. The Hall–Kier alpha value is -2.37. The van der Waals surface area contributed by atoms with Gasteiger partial charge in [0.25, 0.3) is 0 Å². The molecule has 0 saturated carbocycles. The van der Waals surface area contributed by atoms with E-state index in [4.69, 9.17) is 9.47 Å². The van der Waals surface area contributed by atoms with Crippen molar-refractivity contribution in [2.75, 3.05) is 26.7 Å². The van der Waals surface area contributed by atoms with Gasteiger partial charge in [-0.3, -0.25) is 4.99 Å². The smallest absolute Gasteiger partial charge is 0.193 e. The molecule has 1 atom stereocenters. The van der Waals surface area contributed by atoms with Gasteiger partial charge < -0.3 is 19.7 Å². The molecule has 2 aromatic rings. The Balaban J connectivity index is 1.39. The molecule has 5 heteroatoms. The van der Waals surface area contributed by atoms with Crippen LogP contribution in [0.4, 0.5) is 0 Å². The van der Waals surface area contributed by atoms with Crippen molar-refractivity contribution in [3.8, 4) is 0 Å². The molecule has 0 radical (unpaired) electrons. The highest BCUT2D eigenvalue weighted by molar-refractivity contribution is 5.80. The Morgan fingerprint density at radius 2 is 1.73 bits per heavy atom. The molecule has 0 amide bonds. The van der Waals surface area contributed by atoms with Crippen LogP contribution in [0.5, 0.6) is 0 Å². The monoisotopic (exact) mass is 409 g/mol. The number of rotatable bonds is 9. The van der Waals surface area contributed by atoms with E-state index in [-0.39, 0.29) is 6.10 Å². The molecule has 162 valence electrons. The summed E-state index contributed by atoms with van der Waals surface area (Å²) in [6.45, 7) is 9.03. The highest BCUT2D eigenvalue weighted by Gasteiger charge is 2.24. The predicted octanol–water partition coefficient (Wildman–Crippen LogP) is 4.23. The van der Waals surface area contributed by atoms with Gasteiger partial charge in [-0.05, 0) is 37.0 Å². The first-order chi connectivity index (χ1) is 14.6. The van der Waals surface area contributed by atoms with Crippen molar-refractivity contribution in [3.05, 3.63) is 71.3 Å². The van der Waals surface area contributed by atoms with Crippen LogP contribution in [-0.4, -0.2) is 43.7 Å². The molecule has 2 aromatic carbocycles. The van der Waals surface area contributed by atoms with Gasteiger partial charge in [-0.1, -0.05) is 54.6 Å². The maximum atomic E-state index is 5.94. The van der Waals surface area contributed by atoms with Gasteiger partial charge >= 0.3 is 0 Å². The van der Waals surface area contributed by atoms with Crippen molar-refractivity contribution in [3.63, 3.8) is 0 Å². The van der Waals surface area contributed by atoms with Gasteiger partial charge in [-0.2, -0.15) is 0 Å². The molecule has 1 aliphatic rings. The van der Waals surface area contributed by atoms with Gasteiger partial charge in [-0.15, -0.1) is 0 Å². The van der Waals surface area contributed by atoms with E-state index in [9.17, 15) is 0 Å². The topological polar surface area (TPSA) is 46.1 Å². The summed E-state index contributed by atoms with van der Waals surface area (Å²) in [5.74, 6) is 1.51. The maximum absolute atomic E-state index is 5.94. The van der Waals surface area contributed by atoms with Crippen LogP contribution in [0.2, 0.25) is 0 Å². The van der Waals surface area contributed by atoms with Crippen LogP contribution in [0.15, 0.2) is 59.6 Å². The molecule has 3 rings (SSSR count). The van der Waals surface area contributed by atoms with Crippen LogP contribution in [-0.2, 0) is 29.2 Å². The number of likely N-dealkylation sites (tertiary alicyclic amines) is 1. The Morgan fingerprint density at radius 1 is 1.03 bits per heavy atom. The Bertz CT molecular complexity index is 775. The van der Waals surface area contributed by atoms with Crippen molar-refractivity contribution >= 4 is 5.96 Å². The van der Waals surface area contributed by atoms with Crippen LogP contribution < -0.4 is 5.32 Å². The molecule has 1 saturated heterocycles. The molecule has 0 aromatic heterocycles. The third kappa shape index (κ3) is 7.15. The van der Waals surface area contributed by atoms with Crippen LogP contribution in [0, 0.1) is 5.92 Å². The summed E-state index contributed by atoms with van der Waals surface area (Å²) in [5.41, 5.74) is 3.67. The fourth-order valence-electron chi connectivity index (χ4n) is 3.61. The zero-order valence-corrected chi connectivity index (χ0v) is 18.5. The molecule has 1 fully saturated rings. The van der Waals surface area contributed by atoms with E-state index in [2.05, 4.69) is 77.6 Å². The van der Waals surface area contributed by atoms with Gasteiger partial charge in [0.05, 0.1) is 25.9 Å². The van der Waals surface area contributed by atoms with Gasteiger partial charge in [-0.25, -0.2) is 0 Å². The van der Waals surface area contributed by atoms with Gasteiger partial charge in [0.1, 0.15) is 0 Å². The summed E-state index contributed by atoms with van der Waals surface area (Å²) >= 11 is 0. The number of ether oxygens (including phenoxy) is 2. The first-order valence-electron chi connectivity index (χ1n) is 10.9. The molecule has 30 heavy (non-hydrogen) atoms. The van der Waals surface area contributed by atoms with Crippen molar-refractivity contribution in [2.45, 2.75) is 46.1 Å². The number of hydrogen-bond acceptors (Lipinski definition) is 3. The van der Waals surface area contributed by atoms with Gasteiger partial charge in [0.15, 0.2) is 5.96 Å². The lowest BCUT2D eigenvalue weighted by atomic mass is 10.1. The highest BCUT2D eigenvalue weighted by Crippen LogP contribution is 2.17. The largest absolute Gasteiger partial charge is 0.376 e. The molecule has 0 spiro atoms. The van der Waals surface area contributed by atoms with Crippen molar-refractivity contribution in [1.29, 1.82) is 0 Å². The first kappa shape index (κ1) is 22.3. The molecule has 1 aliphatic heterocycles. The molecule has 0 bridgehead atoms. The fourth-order valence-corrected chi connectivity index (χ4v) is 3.61. The minimum absolute atomic E-state index is 0.252. The van der Waals surface area contributed by atoms with Gasteiger partial charge in [0, 0.05) is 32.6 Å². The number of aliphatic imine (C=N–C) groups is 1. The zero-order valence-electron chi connectivity index (χ0n) is 18.5. The predicted molar refractivity (Wildman–Crippen MR) is 122 cm³/mol. The van der Waals surface area contributed by atoms with Crippen LogP contribution >= 0.6 is 0 Å². The molecule has 1 unspecified atom stereocenters. The average molecular weight is 410 g/mol. The van der Waals surface area contributed by atoms with E-state index in [1.807, 2.05) is 13.1 Å². The summed E-state index contributed by atoms with van der Waals surface area (Å²) in [7, 11) is 1.86. The summed E-state index contributed by atoms with van der Waals surface area (Å²) in [4.78, 5) is 6.82. The first-order valence-corrected chi connectivity index (χ1v) is 10.9. The third-order valence-corrected chi connectivity index (χ3v) is 5.32. The number of benzene rings is 2. The molecular weight excluding hydrogens is 374 g/mol. The second kappa shape index (κ2) is 11.7. The lowest BCUT2D eigenvalue weighted by molar-refractivity contribution is 0.0657. The maximum Gasteiger partial charge on any atom is 0.193 e. The second-order valence-electron chi connectivity index (χ2n) is 8.18. The van der Waals surface area contributed by atoms with E-state index in [1.54, 1.807) is 0 Å². The van der Waals surface area contributed by atoms with Crippen LogP contribution in [0.3, 0.4) is 0 Å². The quantitative estimate of drug-likeness (QED) is 0.497. The number of nitrogens with one attached hydrogen (secondary N) is 1. The highest BCUT2D eigenvalue weighted by atomic mass is 16.5. The SMILES string of the molecule is CN=C(NCc1ccc(COC(C)C)cc1)N1CCC(COCc2ccccc2)C1. The molecular formula is C25H35N3O2. The number of guanidine groups is 1.